The number of rotatable bonds is 4. The average molecular weight is 221 g/mol. The highest BCUT2D eigenvalue weighted by atomic mass is 16.3. The third-order valence-corrected chi connectivity index (χ3v) is 2.08. The smallest absolute Gasteiger partial charge is 0.294 e. The van der Waals surface area contributed by atoms with Crippen molar-refractivity contribution in [2.75, 3.05) is 5.53 Å². The fourth-order valence-electron chi connectivity index (χ4n) is 1.30. The monoisotopic (exact) mass is 221 g/mol. The van der Waals surface area contributed by atoms with E-state index in [4.69, 9.17) is 10.3 Å². The standard InChI is InChI=1S/C9H11N5O2/c10-13-14-6-11-9(15)8(12-14)4-3-7-2-1-5-16-7/h1-2,5-6,13H,3-4,10H2. The van der Waals surface area contributed by atoms with Gasteiger partial charge in [-0.25, -0.2) is 11.4 Å². The Bertz CT molecular complexity index is 505. The number of hydrazine groups is 1. The molecule has 0 radical (unpaired) electrons. The van der Waals surface area contributed by atoms with E-state index in [1.54, 1.807) is 12.3 Å². The molecule has 0 aliphatic carbocycles. The molecule has 0 atom stereocenters. The summed E-state index contributed by atoms with van der Waals surface area (Å²) in [7, 11) is 0. The van der Waals surface area contributed by atoms with Gasteiger partial charge < -0.3 is 4.42 Å². The largest absolute Gasteiger partial charge is 0.469 e. The molecule has 7 heteroatoms. The van der Waals surface area contributed by atoms with Gasteiger partial charge >= 0.3 is 0 Å². The third kappa shape index (κ3) is 2.26. The molecule has 2 aromatic heterocycles. The summed E-state index contributed by atoms with van der Waals surface area (Å²) in [4.78, 5) is 16.2. The molecule has 0 amide bonds. The number of nitrogens with zero attached hydrogens (tertiary/aromatic N) is 3. The average Bonchev–Trinajstić information content (AvgIpc) is 2.81. The molecule has 84 valence electrons. The van der Waals surface area contributed by atoms with Crippen LogP contribution in [-0.2, 0) is 12.8 Å². The van der Waals surface area contributed by atoms with Gasteiger partial charge in [0, 0.05) is 12.8 Å². The second-order valence-electron chi connectivity index (χ2n) is 3.15. The maximum atomic E-state index is 11.4. The lowest BCUT2D eigenvalue weighted by molar-refractivity contribution is 0.505. The molecular weight excluding hydrogens is 210 g/mol. The van der Waals surface area contributed by atoms with Gasteiger partial charge in [0.1, 0.15) is 17.8 Å². The van der Waals surface area contributed by atoms with Crippen LogP contribution in [0.15, 0.2) is 33.9 Å². The van der Waals surface area contributed by atoms with Gasteiger partial charge in [0.2, 0.25) is 0 Å². The van der Waals surface area contributed by atoms with E-state index in [1.165, 1.54) is 11.1 Å². The Kier molecular flexibility index (Phi) is 2.97. The van der Waals surface area contributed by atoms with Crippen LogP contribution in [0.5, 0.6) is 0 Å². The van der Waals surface area contributed by atoms with Crippen LogP contribution in [0.4, 0.5) is 0 Å². The minimum atomic E-state index is -0.349. The summed E-state index contributed by atoms with van der Waals surface area (Å²) in [6.07, 6.45) is 3.87. The zero-order valence-electron chi connectivity index (χ0n) is 8.46. The van der Waals surface area contributed by atoms with Gasteiger partial charge in [-0.2, -0.15) is 9.77 Å². The highest BCUT2D eigenvalue weighted by Crippen LogP contribution is 2.03. The molecule has 2 aromatic rings. The fourth-order valence-corrected chi connectivity index (χ4v) is 1.30. The first-order chi connectivity index (χ1) is 7.79. The number of hydrogen-bond donors (Lipinski definition) is 2. The molecule has 2 heterocycles. The molecule has 0 unspecified atom stereocenters. The number of hydrogen-bond acceptors (Lipinski definition) is 6. The minimum absolute atomic E-state index is 0.344. The topological polar surface area (TPSA) is 99.0 Å². The summed E-state index contributed by atoms with van der Waals surface area (Å²) in [5.74, 6) is 5.95. The number of aryl methyl sites for hydroxylation is 2. The second kappa shape index (κ2) is 4.58. The summed E-state index contributed by atoms with van der Waals surface area (Å²) in [5, 5.41) is 3.95. The Balaban J connectivity index is 2.11. The molecule has 0 fully saturated rings. The number of nitrogens with one attached hydrogen (secondary N) is 1. The molecule has 0 saturated carbocycles. The second-order valence-corrected chi connectivity index (χ2v) is 3.15. The van der Waals surface area contributed by atoms with Crippen molar-refractivity contribution in [3.05, 3.63) is 46.5 Å². The van der Waals surface area contributed by atoms with E-state index >= 15 is 0 Å². The molecule has 16 heavy (non-hydrogen) atoms. The van der Waals surface area contributed by atoms with Crippen molar-refractivity contribution in [2.45, 2.75) is 12.8 Å². The lowest BCUT2D eigenvalue weighted by Crippen LogP contribution is -2.29. The third-order valence-electron chi connectivity index (χ3n) is 2.08. The highest BCUT2D eigenvalue weighted by molar-refractivity contribution is 5.02. The Morgan fingerprint density at radius 1 is 1.50 bits per heavy atom. The molecule has 0 aliphatic rings. The summed E-state index contributed by atoms with van der Waals surface area (Å²) in [6, 6.07) is 3.64. The van der Waals surface area contributed by atoms with E-state index in [1.807, 2.05) is 6.07 Å². The Morgan fingerprint density at radius 2 is 2.38 bits per heavy atom. The molecular formula is C9H11N5O2. The summed E-state index contributed by atoms with van der Waals surface area (Å²) in [5.41, 5.74) is 2.26. The molecule has 0 spiro atoms. The summed E-state index contributed by atoms with van der Waals surface area (Å²) >= 11 is 0. The molecule has 0 saturated heterocycles. The lowest BCUT2D eigenvalue weighted by Gasteiger charge is -2.03. The SMILES string of the molecule is NNn1cnc(=O)c(CCc2ccco2)n1. The van der Waals surface area contributed by atoms with Gasteiger partial charge in [0.15, 0.2) is 0 Å². The maximum absolute atomic E-state index is 11.4. The van der Waals surface area contributed by atoms with Gasteiger partial charge in [-0.05, 0) is 12.1 Å². The van der Waals surface area contributed by atoms with Crippen molar-refractivity contribution in [1.82, 2.24) is 14.9 Å². The van der Waals surface area contributed by atoms with E-state index < -0.39 is 0 Å². The van der Waals surface area contributed by atoms with E-state index in [0.29, 0.717) is 18.5 Å². The summed E-state index contributed by atoms with van der Waals surface area (Å²) < 4.78 is 5.15. The predicted molar refractivity (Wildman–Crippen MR) is 56.0 cm³/mol. The first kappa shape index (κ1) is 10.4. The van der Waals surface area contributed by atoms with Crippen LogP contribution in [0, 0.1) is 0 Å². The van der Waals surface area contributed by atoms with Crippen molar-refractivity contribution in [3.63, 3.8) is 0 Å². The van der Waals surface area contributed by atoms with Crippen LogP contribution in [0.25, 0.3) is 0 Å². The zero-order valence-corrected chi connectivity index (χ0v) is 8.46. The van der Waals surface area contributed by atoms with Gasteiger partial charge in [-0.3, -0.25) is 4.79 Å². The Morgan fingerprint density at radius 3 is 3.06 bits per heavy atom. The first-order valence-corrected chi connectivity index (χ1v) is 4.73. The minimum Gasteiger partial charge on any atom is -0.469 e. The van der Waals surface area contributed by atoms with Crippen molar-refractivity contribution >= 4 is 0 Å². The quantitative estimate of drug-likeness (QED) is 0.530. The van der Waals surface area contributed by atoms with Crippen LogP contribution in [-0.4, -0.2) is 14.9 Å². The van der Waals surface area contributed by atoms with Gasteiger partial charge in [-0.1, -0.05) is 0 Å². The Labute approximate surface area is 90.8 Å². The van der Waals surface area contributed by atoms with E-state index in [0.717, 1.165) is 5.76 Å². The summed E-state index contributed by atoms with van der Waals surface area (Å²) in [6.45, 7) is 0. The van der Waals surface area contributed by atoms with Crippen molar-refractivity contribution < 1.29 is 4.42 Å². The van der Waals surface area contributed by atoms with Crippen molar-refractivity contribution in [1.29, 1.82) is 0 Å². The Hall–Kier alpha value is -2.15. The zero-order chi connectivity index (χ0) is 11.4. The van der Waals surface area contributed by atoms with Crippen LogP contribution in [0.1, 0.15) is 11.5 Å². The van der Waals surface area contributed by atoms with Gasteiger partial charge in [0.25, 0.3) is 5.56 Å². The van der Waals surface area contributed by atoms with Crippen molar-refractivity contribution in [3.8, 4) is 0 Å². The van der Waals surface area contributed by atoms with E-state index in [2.05, 4.69) is 15.6 Å². The normalized spacial score (nSPS) is 10.3. The molecule has 2 rings (SSSR count). The van der Waals surface area contributed by atoms with Crippen LogP contribution >= 0.6 is 0 Å². The van der Waals surface area contributed by atoms with Crippen molar-refractivity contribution in [2.24, 2.45) is 5.84 Å². The van der Waals surface area contributed by atoms with E-state index in [-0.39, 0.29) is 5.56 Å². The molecule has 3 N–H and O–H groups in total. The first-order valence-electron chi connectivity index (χ1n) is 4.73. The predicted octanol–water partition coefficient (Wildman–Crippen LogP) is -0.566. The maximum Gasteiger partial charge on any atom is 0.294 e. The lowest BCUT2D eigenvalue weighted by atomic mass is 10.2. The molecule has 0 aromatic carbocycles. The van der Waals surface area contributed by atoms with Gasteiger partial charge in [0.05, 0.1) is 6.26 Å². The fraction of sp³-hybridized carbons (Fsp3) is 0.222. The van der Waals surface area contributed by atoms with Gasteiger partial charge in [-0.15, -0.1) is 5.10 Å². The van der Waals surface area contributed by atoms with Crippen LogP contribution < -0.4 is 16.9 Å². The van der Waals surface area contributed by atoms with Crippen LogP contribution in [0.2, 0.25) is 0 Å². The highest BCUT2D eigenvalue weighted by Gasteiger charge is 2.05. The number of aromatic nitrogens is 3. The number of nitrogens with two attached hydrogens (primary N) is 1. The molecule has 7 nitrogen and oxygen atoms in total. The molecule has 0 aliphatic heterocycles. The van der Waals surface area contributed by atoms with E-state index in [9.17, 15) is 4.79 Å². The van der Waals surface area contributed by atoms with Crippen LogP contribution in [0.3, 0.4) is 0 Å². The number of furan rings is 1. The molecule has 0 bridgehead atoms. The number of nitrogen functional groups attached to an aromatic ring is 1.